The maximum Gasteiger partial charge on any atom is 0.245 e. The van der Waals surface area contributed by atoms with E-state index in [1.54, 1.807) is 34.7 Å². The molecule has 2 aromatic heterocycles. The standard InChI is InChI=1S/C26H23Cl2N5O3/c1-3-21(34)32-10-9-16(13-32)24-23(28)22(25-26(29)30-14-31-33(24)25)15-7-8-19(20(11-15)35-2)36-18-6-4-5-17(27)12-18/h3-8,11-12,14,16H,1,9-10,13H2,2H3,(H2,29,30,31). The van der Waals surface area contributed by atoms with Gasteiger partial charge in [0.25, 0.3) is 0 Å². The zero-order chi connectivity index (χ0) is 25.4. The van der Waals surface area contributed by atoms with Crippen molar-refractivity contribution in [2.24, 2.45) is 0 Å². The molecule has 1 saturated heterocycles. The lowest BCUT2D eigenvalue weighted by Gasteiger charge is -2.14. The van der Waals surface area contributed by atoms with Crippen LogP contribution in [-0.4, -0.2) is 45.6 Å². The number of amides is 1. The molecular formula is C26H23Cl2N5O3. The third-order valence-corrected chi connectivity index (χ3v) is 6.88. The Bertz CT molecular complexity index is 1490. The van der Waals surface area contributed by atoms with Crippen molar-refractivity contribution in [2.45, 2.75) is 12.3 Å². The quantitative estimate of drug-likeness (QED) is 0.331. The van der Waals surface area contributed by atoms with E-state index in [0.717, 1.165) is 17.7 Å². The van der Waals surface area contributed by atoms with Crippen LogP contribution in [0.25, 0.3) is 16.6 Å². The summed E-state index contributed by atoms with van der Waals surface area (Å²) in [5.74, 6) is 1.77. The number of fused-ring (bicyclic) bond motifs is 1. The number of carbonyl (C=O) groups excluding carboxylic acids is 1. The first-order valence-corrected chi connectivity index (χ1v) is 12.0. The van der Waals surface area contributed by atoms with Gasteiger partial charge < -0.3 is 20.1 Å². The number of nitrogens with two attached hydrogens (primary N) is 1. The van der Waals surface area contributed by atoms with Crippen LogP contribution < -0.4 is 15.2 Å². The maximum atomic E-state index is 12.2. The zero-order valence-electron chi connectivity index (χ0n) is 19.4. The van der Waals surface area contributed by atoms with Crippen LogP contribution in [0, 0.1) is 0 Å². The van der Waals surface area contributed by atoms with Gasteiger partial charge in [-0.1, -0.05) is 41.9 Å². The molecule has 2 N–H and O–H groups in total. The maximum absolute atomic E-state index is 12.2. The second-order valence-corrected chi connectivity index (χ2v) is 9.19. The number of nitrogen functional groups attached to an aromatic ring is 1. The van der Waals surface area contributed by atoms with Crippen LogP contribution in [0.3, 0.4) is 0 Å². The lowest BCUT2D eigenvalue weighted by Crippen LogP contribution is -2.26. The van der Waals surface area contributed by atoms with Crippen molar-refractivity contribution in [2.75, 3.05) is 25.9 Å². The van der Waals surface area contributed by atoms with E-state index >= 15 is 0 Å². The van der Waals surface area contributed by atoms with E-state index in [1.807, 2.05) is 24.3 Å². The normalized spacial score (nSPS) is 15.3. The van der Waals surface area contributed by atoms with Crippen molar-refractivity contribution < 1.29 is 14.3 Å². The summed E-state index contributed by atoms with van der Waals surface area (Å²) in [5, 5.41) is 5.53. The molecular weight excluding hydrogens is 501 g/mol. The molecule has 2 aromatic carbocycles. The Morgan fingerprint density at radius 1 is 1.22 bits per heavy atom. The number of carbonyl (C=O) groups is 1. The summed E-state index contributed by atoms with van der Waals surface area (Å²) in [6.07, 6.45) is 3.46. The monoisotopic (exact) mass is 523 g/mol. The van der Waals surface area contributed by atoms with E-state index in [4.69, 9.17) is 38.4 Å². The molecule has 1 unspecified atom stereocenters. The summed E-state index contributed by atoms with van der Waals surface area (Å²) >= 11 is 13.1. The molecule has 8 nitrogen and oxygen atoms in total. The van der Waals surface area contributed by atoms with E-state index in [1.165, 1.54) is 12.4 Å². The van der Waals surface area contributed by atoms with E-state index in [0.29, 0.717) is 57.3 Å². The lowest BCUT2D eigenvalue weighted by molar-refractivity contribution is -0.125. The molecule has 10 heteroatoms. The van der Waals surface area contributed by atoms with Gasteiger partial charge >= 0.3 is 0 Å². The number of nitrogens with zero attached hydrogens (tertiary/aromatic N) is 4. The summed E-state index contributed by atoms with van der Waals surface area (Å²) in [7, 11) is 1.57. The van der Waals surface area contributed by atoms with Crippen LogP contribution in [0.1, 0.15) is 18.0 Å². The molecule has 0 radical (unpaired) electrons. The van der Waals surface area contributed by atoms with Crippen molar-refractivity contribution in [1.29, 1.82) is 0 Å². The molecule has 1 amide bonds. The molecule has 3 heterocycles. The number of rotatable bonds is 6. The van der Waals surface area contributed by atoms with Crippen LogP contribution >= 0.6 is 23.2 Å². The van der Waals surface area contributed by atoms with Crippen LogP contribution in [0.5, 0.6) is 17.2 Å². The van der Waals surface area contributed by atoms with Gasteiger partial charge in [-0.15, -0.1) is 0 Å². The third-order valence-electron chi connectivity index (χ3n) is 6.27. The number of ether oxygens (including phenoxy) is 2. The number of hydrogen-bond donors (Lipinski definition) is 1. The molecule has 4 aromatic rings. The van der Waals surface area contributed by atoms with Crippen molar-refractivity contribution in [1.82, 2.24) is 19.5 Å². The van der Waals surface area contributed by atoms with Gasteiger partial charge in [0.15, 0.2) is 17.3 Å². The van der Waals surface area contributed by atoms with Gasteiger partial charge in [0.1, 0.15) is 17.6 Å². The summed E-state index contributed by atoms with van der Waals surface area (Å²) in [4.78, 5) is 18.1. The highest BCUT2D eigenvalue weighted by molar-refractivity contribution is 6.35. The molecule has 5 rings (SSSR count). The second kappa shape index (κ2) is 9.72. The summed E-state index contributed by atoms with van der Waals surface area (Å²) in [5.41, 5.74) is 9.14. The smallest absolute Gasteiger partial charge is 0.245 e. The molecule has 1 aliphatic heterocycles. The lowest BCUT2D eigenvalue weighted by atomic mass is 10.0. The number of benzene rings is 2. The Balaban J connectivity index is 1.59. The number of anilines is 1. The van der Waals surface area contributed by atoms with E-state index in [9.17, 15) is 4.79 Å². The Morgan fingerprint density at radius 2 is 2.06 bits per heavy atom. The van der Waals surface area contributed by atoms with E-state index < -0.39 is 0 Å². The predicted molar refractivity (Wildman–Crippen MR) is 140 cm³/mol. The number of hydrogen-bond acceptors (Lipinski definition) is 6. The molecule has 1 aliphatic rings. The van der Waals surface area contributed by atoms with Crippen molar-refractivity contribution in [3.63, 3.8) is 0 Å². The molecule has 36 heavy (non-hydrogen) atoms. The number of aromatic nitrogens is 3. The summed E-state index contributed by atoms with van der Waals surface area (Å²) in [6.45, 7) is 4.71. The minimum absolute atomic E-state index is 0.0238. The van der Waals surface area contributed by atoms with Gasteiger partial charge in [-0.3, -0.25) is 4.79 Å². The largest absolute Gasteiger partial charge is 0.493 e. The van der Waals surface area contributed by atoms with Gasteiger partial charge in [-0.25, -0.2) is 9.50 Å². The average molecular weight is 524 g/mol. The number of methoxy groups -OCH3 is 1. The van der Waals surface area contributed by atoms with Crippen molar-refractivity contribution >= 4 is 40.4 Å². The molecule has 1 atom stereocenters. The number of likely N-dealkylation sites (tertiary alicyclic amines) is 1. The van der Waals surface area contributed by atoms with Crippen LogP contribution in [0.2, 0.25) is 10.0 Å². The fourth-order valence-corrected chi connectivity index (χ4v) is 5.22. The van der Waals surface area contributed by atoms with E-state index in [2.05, 4.69) is 16.7 Å². The van der Waals surface area contributed by atoms with E-state index in [-0.39, 0.29) is 11.8 Å². The Labute approximate surface area is 217 Å². The Kier molecular flexibility index (Phi) is 6.47. The van der Waals surface area contributed by atoms with Gasteiger partial charge in [0.05, 0.1) is 17.8 Å². The minimum atomic E-state index is -0.108. The van der Waals surface area contributed by atoms with Crippen LogP contribution in [-0.2, 0) is 4.79 Å². The molecule has 0 spiro atoms. The van der Waals surface area contributed by atoms with Crippen molar-refractivity contribution in [3.05, 3.63) is 77.2 Å². The van der Waals surface area contributed by atoms with Crippen molar-refractivity contribution in [3.8, 4) is 28.4 Å². The fraction of sp³-hybridized carbons (Fsp3) is 0.192. The Hall–Kier alpha value is -3.75. The summed E-state index contributed by atoms with van der Waals surface area (Å²) < 4.78 is 13.4. The first-order chi connectivity index (χ1) is 17.4. The summed E-state index contributed by atoms with van der Waals surface area (Å²) in [6, 6.07) is 12.6. The van der Waals surface area contributed by atoms with Crippen LogP contribution in [0.4, 0.5) is 5.82 Å². The van der Waals surface area contributed by atoms with Gasteiger partial charge in [-0.2, -0.15) is 5.10 Å². The van der Waals surface area contributed by atoms with Gasteiger partial charge in [0, 0.05) is 29.6 Å². The number of halogens is 2. The fourth-order valence-electron chi connectivity index (χ4n) is 4.60. The molecule has 184 valence electrons. The third kappa shape index (κ3) is 4.23. The topological polar surface area (TPSA) is 95.0 Å². The first-order valence-electron chi connectivity index (χ1n) is 11.2. The highest BCUT2D eigenvalue weighted by Crippen LogP contribution is 2.45. The van der Waals surface area contributed by atoms with Gasteiger partial charge in [0.2, 0.25) is 5.91 Å². The second-order valence-electron chi connectivity index (χ2n) is 8.38. The minimum Gasteiger partial charge on any atom is -0.493 e. The Morgan fingerprint density at radius 3 is 2.81 bits per heavy atom. The predicted octanol–water partition coefficient (Wildman–Crippen LogP) is 5.59. The highest BCUT2D eigenvalue weighted by Gasteiger charge is 2.33. The highest BCUT2D eigenvalue weighted by atomic mass is 35.5. The molecule has 0 saturated carbocycles. The van der Waals surface area contributed by atoms with Gasteiger partial charge in [-0.05, 0) is 48.4 Å². The zero-order valence-corrected chi connectivity index (χ0v) is 21.0. The SMILES string of the molecule is C=CC(=O)N1CCC(c2c(Cl)c(-c3ccc(Oc4cccc(Cl)c4)c(OC)c3)c3c(N)ncnn23)C1. The first kappa shape index (κ1) is 24.0. The average Bonchev–Trinajstić information content (AvgIpc) is 3.47. The molecule has 0 bridgehead atoms. The molecule has 1 fully saturated rings. The van der Waals surface area contributed by atoms with Crippen LogP contribution in [0.15, 0.2) is 61.4 Å². The molecule has 0 aliphatic carbocycles.